The van der Waals surface area contributed by atoms with Gasteiger partial charge in [0.15, 0.2) is 0 Å². The first kappa shape index (κ1) is 12.0. The Morgan fingerprint density at radius 2 is 2.36 bits per heavy atom. The maximum absolute atomic E-state index is 5.79. The van der Waals surface area contributed by atoms with Crippen LogP contribution in [0.4, 0.5) is 0 Å². The lowest BCUT2D eigenvalue weighted by Crippen LogP contribution is -2.39. The summed E-state index contributed by atoms with van der Waals surface area (Å²) < 4.78 is 5.19. The Hall–Kier alpha value is -0.120. The maximum atomic E-state index is 5.79. The van der Waals surface area contributed by atoms with Crippen LogP contribution in [0.25, 0.3) is 0 Å². The molecule has 2 unspecified atom stereocenters. The van der Waals surface area contributed by atoms with Crippen molar-refractivity contribution in [2.45, 2.75) is 32.2 Å². The van der Waals surface area contributed by atoms with Gasteiger partial charge in [-0.25, -0.2) is 0 Å². The van der Waals surface area contributed by atoms with Gasteiger partial charge in [0.2, 0.25) is 0 Å². The molecule has 1 aliphatic heterocycles. The maximum Gasteiger partial charge on any atom is 0.0503 e. The number of rotatable bonds is 6. The Morgan fingerprint density at radius 3 is 2.93 bits per heavy atom. The van der Waals surface area contributed by atoms with Gasteiger partial charge in [-0.2, -0.15) is 0 Å². The van der Waals surface area contributed by atoms with Crippen molar-refractivity contribution >= 4 is 0 Å². The van der Waals surface area contributed by atoms with E-state index in [1.807, 2.05) is 0 Å². The van der Waals surface area contributed by atoms with E-state index in [2.05, 4.69) is 11.8 Å². The molecule has 14 heavy (non-hydrogen) atoms. The summed E-state index contributed by atoms with van der Waals surface area (Å²) in [5.41, 5.74) is 5.79. The lowest BCUT2D eigenvalue weighted by molar-refractivity contribution is 0.146. The highest BCUT2D eigenvalue weighted by Gasteiger charge is 2.26. The summed E-state index contributed by atoms with van der Waals surface area (Å²) in [5.74, 6) is 0.728. The summed E-state index contributed by atoms with van der Waals surface area (Å²) >= 11 is 0. The summed E-state index contributed by atoms with van der Waals surface area (Å²) in [6.07, 6.45) is 3.73. The Kier molecular flexibility index (Phi) is 5.45. The van der Waals surface area contributed by atoms with Gasteiger partial charge in [0.1, 0.15) is 0 Å². The van der Waals surface area contributed by atoms with Gasteiger partial charge in [0, 0.05) is 26.2 Å². The minimum absolute atomic E-state index is 0.599. The van der Waals surface area contributed by atoms with E-state index >= 15 is 0 Å². The molecule has 0 aromatic heterocycles. The molecule has 3 heteroatoms. The molecule has 1 saturated heterocycles. The standard InChI is InChI=1S/C11H24N2O/c1-3-4-11(7-12)13-6-5-10(8-13)9-14-2/h10-11H,3-9,12H2,1-2H3. The number of likely N-dealkylation sites (tertiary alicyclic amines) is 1. The van der Waals surface area contributed by atoms with Crippen molar-refractivity contribution in [2.24, 2.45) is 11.7 Å². The molecule has 0 saturated carbocycles. The first-order valence-corrected chi connectivity index (χ1v) is 5.74. The number of hydrogen-bond donors (Lipinski definition) is 1. The van der Waals surface area contributed by atoms with Crippen molar-refractivity contribution in [3.63, 3.8) is 0 Å². The predicted molar refractivity (Wildman–Crippen MR) is 59.3 cm³/mol. The van der Waals surface area contributed by atoms with Gasteiger partial charge in [-0.1, -0.05) is 13.3 Å². The molecule has 0 bridgehead atoms. The van der Waals surface area contributed by atoms with Crippen LogP contribution in [0.2, 0.25) is 0 Å². The van der Waals surface area contributed by atoms with Crippen LogP contribution in [0, 0.1) is 5.92 Å². The highest BCUT2D eigenvalue weighted by Crippen LogP contribution is 2.20. The van der Waals surface area contributed by atoms with Gasteiger partial charge in [-0.05, 0) is 25.3 Å². The molecule has 1 heterocycles. The summed E-state index contributed by atoms with van der Waals surface area (Å²) in [6.45, 7) is 6.31. The fraction of sp³-hybridized carbons (Fsp3) is 1.00. The van der Waals surface area contributed by atoms with E-state index < -0.39 is 0 Å². The molecule has 1 aliphatic rings. The molecular weight excluding hydrogens is 176 g/mol. The van der Waals surface area contributed by atoms with Gasteiger partial charge in [-0.15, -0.1) is 0 Å². The SMILES string of the molecule is CCCC(CN)N1CCC(COC)C1. The van der Waals surface area contributed by atoms with Crippen LogP contribution in [0.1, 0.15) is 26.2 Å². The van der Waals surface area contributed by atoms with Crippen LogP contribution in [0.3, 0.4) is 0 Å². The average molecular weight is 200 g/mol. The zero-order valence-electron chi connectivity index (χ0n) is 9.54. The minimum atomic E-state index is 0.599. The third-order valence-corrected chi connectivity index (χ3v) is 3.13. The minimum Gasteiger partial charge on any atom is -0.384 e. The molecular formula is C11H24N2O. The molecule has 3 nitrogen and oxygen atoms in total. The normalized spacial score (nSPS) is 25.5. The summed E-state index contributed by atoms with van der Waals surface area (Å²) in [4.78, 5) is 2.53. The van der Waals surface area contributed by atoms with E-state index in [1.165, 1.54) is 32.4 Å². The lowest BCUT2D eigenvalue weighted by atomic mass is 10.1. The molecule has 0 aromatic carbocycles. The predicted octanol–water partition coefficient (Wildman–Crippen LogP) is 1.08. The average Bonchev–Trinajstić information content (AvgIpc) is 2.63. The van der Waals surface area contributed by atoms with Crippen LogP contribution < -0.4 is 5.73 Å². The van der Waals surface area contributed by atoms with Gasteiger partial charge >= 0.3 is 0 Å². The van der Waals surface area contributed by atoms with E-state index in [9.17, 15) is 0 Å². The quantitative estimate of drug-likeness (QED) is 0.697. The third kappa shape index (κ3) is 3.23. The number of nitrogens with zero attached hydrogens (tertiary/aromatic N) is 1. The van der Waals surface area contributed by atoms with Crippen LogP contribution >= 0.6 is 0 Å². The second-order valence-corrected chi connectivity index (χ2v) is 4.28. The molecule has 0 amide bonds. The van der Waals surface area contributed by atoms with Crippen molar-refractivity contribution < 1.29 is 4.74 Å². The fourth-order valence-electron chi connectivity index (χ4n) is 2.35. The summed E-state index contributed by atoms with van der Waals surface area (Å²) in [7, 11) is 1.79. The molecule has 2 N–H and O–H groups in total. The molecule has 0 spiro atoms. The highest BCUT2D eigenvalue weighted by atomic mass is 16.5. The molecule has 84 valence electrons. The lowest BCUT2D eigenvalue weighted by Gasteiger charge is -2.26. The van der Waals surface area contributed by atoms with Crippen LogP contribution in [0.15, 0.2) is 0 Å². The Bertz CT molecular complexity index is 152. The smallest absolute Gasteiger partial charge is 0.0503 e. The topological polar surface area (TPSA) is 38.5 Å². The van der Waals surface area contributed by atoms with E-state index in [0.29, 0.717) is 6.04 Å². The van der Waals surface area contributed by atoms with Gasteiger partial charge < -0.3 is 10.5 Å². The first-order valence-electron chi connectivity index (χ1n) is 5.74. The summed E-state index contributed by atoms with van der Waals surface area (Å²) in [5, 5.41) is 0. The number of methoxy groups -OCH3 is 1. The Balaban J connectivity index is 2.31. The zero-order valence-corrected chi connectivity index (χ0v) is 9.54. The van der Waals surface area contributed by atoms with Crippen LogP contribution in [-0.2, 0) is 4.74 Å². The van der Waals surface area contributed by atoms with Crippen molar-refractivity contribution in [1.29, 1.82) is 0 Å². The van der Waals surface area contributed by atoms with Crippen LogP contribution in [0.5, 0.6) is 0 Å². The van der Waals surface area contributed by atoms with Crippen molar-refractivity contribution in [1.82, 2.24) is 4.90 Å². The molecule has 0 aliphatic carbocycles. The number of nitrogens with two attached hydrogens (primary N) is 1. The number of hydrogen-bond acceptors (Lipinski definition) is 3. The molecule has 2 atom stereocenters. The molecule has 0 aromatic rings. The van der Waals surface area contributed by atoms with E-state index in [1.54, 1.807) is 7.11 Å². The van der Waals surface area contributed by atoms with Crippen LogP contribution in [-0.4, -0.2) is 44.3 Å². The fourth-order valence-corrected chi connectivity index (χ4v) is 2.35. The van der Waals surface area contributed by atoms with Gasteiger partial charge in [-0.3, -0.25) is 4.90 Å². The Morgan fingerprint density at radius 1 is 1.57 bits per heavy atom. The largest absolute Gasteiger partial charge is 0.384 e. The van der Waals surface area contributed by atoms with E-state index in [-0.39, 0.29) is 0 Å². The third-order valence-electron chi connectivity index (χ3n) is 3.13. The Labute approximate surface area is 87.6 Å². The van der Waals surface area contributed by atoms with Gasteiger partial charge in [0.05, 0.1) is 6.61 Å². The van der Waals surface area contributed by atoms with E-state index in [4.69, 9.17) is 10.5 Å². The number of ether oxygens (including phenoxy) is 1. The van der Waals surface area contributed by atoms with Crippen molar-refractivity contribution in [2.75, 3.05) is 33.4 Å². The van der Waals surface area contributed by atoms with Crippen molar-refractivity contribution in [3.8, 4) is 0 Å². The second-order valence-electron chi connectivity index (χ2n) is 4.28. The zero-order chi connectivity index (χ0) is 10.4. The van der Waals surface area contributed by atoms with Crippen molar-refractivity contribution in [3.05, 3.63) is 0 Å². The molecule has 0 radical (unpaired) electrons. The summed E-state index contributed by atoms with van der Waals surface area (Å²) in [6, 6.07) is 0.599. The second kappa shape index (κ2) is 6.38. The molecule has 1 fully saturated rings. The van der Waals surface area contributed by atoms with E-state index in [0.717, 1.165) is 19.1 Å². The molecule has 1 rings (SSSR count). The van der Waals surface area contributed by atoms with Gasteiger partial charge in [0.25, 0.3) is 0 Å². The highest BCUT2D eigenvalue weighted by molar-refractivity contribution is 4.81. The monoisotopic (exact) mass is 200 g/mol. The first-order chi connectivity index (χ1) is 6.81.